The summed E-state index contributed by atoms with van der Waals surface area (Å²) >= 11 is 0. The van der Waals surface area contributed by atoms with Gasteiger partial charge in [0, 0.05) is 35.4 Å². The lowest BCUT2D eigenvalue weighted by Gasteiger charge is -2.10. The molecule has 0 aliphatic carbocycles. The lowest BCUT2D eigenvalue weighted by molar-refractivity contribution is -0.140. The van der Waals surface area contributed by atoms with E-state index in [0.29, 0.717) is 6.54 Å². The molecule has 0 aliphatic rings. The topological polar surface area (TPSA) is 86.3 Å². The minimum Gasteiger partial charge on any atom is -0.469 e. The average Bonchev–Trinajstić information content (AvgIpc) is 2.93. The number of nitrogens with two attached hydrogens (primary N) is 1. The predicted molar refractivity (Wildman–Crippen MR) is 110 cm³/mol. The van der Waals surface area contributed by atoms with Gasteiger partial charge in [0.25, 0.3) is 0 Å². The summed E-state index contributed by atoms with van der Waals surface area (Å²) in [7, 11) is 1.38. The Morgan fingerprint density at radius 3 is 2.57 bits per heavy atom. The summed E-state index contributed by atoms with van der Waals surface area (Å²) in [6.07, 6.45) is 0.479. The van der Waals surface area contributed by atoms with E-state index < -0.39 is 0 Å². The molecule has 6 nitrogen and oxygen atoms in total. The molecule has 2 aromatic carbocycles. The highest BCUT2D eigenvalue weighted by Gasteiger charge is 2.16. The first-order valence-electron chi connectivity index (χ1n) is 9.24. The van der Waals surface area contributed by atoms with Crippen molar-refractivity contribution in [2.24, 2.45) is 5.73 Å². The second-order valence-corrected chi connectivity index (χ2v) is 6.76. The smallest absolute Gasteiger partial charge is 0.307 e. The van der Waals surface area contributed by atoms with E-state index in [9.17, 15) is 9.59 Å². The first-order chi connectivity index (χ1) is 13.5. The van der Waals surface area contributed by atoms with Crippen LogP contribution in [0.25, 0.3) is 10.9 Å². The number of amides is 1. The van der Waals surface area contributed by atoms with Crippen LogP contribution in [0.1, 0.15) is 23.2 Å². The molecule has 3 N–H and O–H groups in total. The fraction of sp³-hybridized carbons (Fsp3) is 0.273. The monoisotopic (exact) mass is 379 g/mol. The third-order valence-corrected chi connectivity index (χ3v) is 4.87. The Balaban J connectivity index is 1.96. The van der Waals surface area contributed by atoms with Crippen LogP contribution >= 0.6 is 0 Å². The second-order valence-electron chi connectivity index (χ2n) is 6.76. The molecule has 146 valence electrons. The zero-order valence-corrected chi connectivity index (χ0v) is 16.2. The van der Waals surface area contributed by atoms with E-state index in [1.54, 1.807) is 0 Å². The van der Waals surface area contributed by atoms with Crippen molar-refractivity contribution in [3.8, 4) is 0 Å². The van der Waals surface area contributed by atoms with E-state index in [1.807, 2.05) is 43.3 Å². The minimum absolute atomic E-state index is 0.190. The standard InChI is InChI=1S/C22H25N3O3/c1-15-18(13-21(23)26)19-12-17(24-11-10-22(27)28-2)8-9-20(19)25(15)14-16-6-4-3-5-7-16/h3-9,12,24H,10-11,13-14H2,1-2H3,(H2,23,26). The summed E-state index contributed by atoms with van der Waals surface area (Å²) < 4.78 is 6.87. The molecule has 0 aliphatic heterocycles. The number of rotatable bonds is 8. The van der Waals surface area contributed by atoms with Gasteiger partial charge >= 0.3 is 5.97 Å². The number of aromatic nitrogens is 1. The van der Waals surface area contributed by atoms with Gasteiger partial charge in [0.05, 0.1) is 20.0 Å². The molecule has 0 fully saturated rings. The zero-order valence-electron chi connectivity index (χ0n) is 16.2. The number of nitrogens with zero attached hydrogens (tertiary/aromatic N) is 1. The number of carbonyl (C=O) groups excluding carboxylic acids is 2. The van der Waals surface area contributed by atoms with E-state index in [1.165, 1.54) is 12.7 Å². The van der Waals surface area contributed by atoms with Crippen LogP contribution in [-0.2, 0) is 27.3 Å². The van der Waals surface area contributed by atoms with E-state index in [4.69, 9.17) is 5.73 Å². The highest BCUT2D eigenvalue weighted by atomic mass is 16.5. The Bertz CT molecular complexity index is 993. The van der Waals surface area contributed by atoms with E-state index in [0.717, 1.165) is 34.4 Å². The van der Waals surface area contributed by atoms with Crippen molar-refractivity contribution in [1.82, 2.24) is 4.57 Å². The molecule has 0 bridgehead atoms. The number of hydrogen-bond donors (Lipinski definition) is 2. The number of benzene rings is 2. The average molecular weight is 379 g/mol. The Labute approximate surface area is 164 Å². The molecule has 6 heteroatoms. The van der Waals surface area contributed by atoms with Crippen LogP contribution in [0.15, 0.2) is 48.5 Å². The van der Waals surface area contributed by atoms with Gasteiger partial charge in [0.15, 0.2) is 0 Å². The number of methoxy groups -OCH3 is 1. The lowest BCUT2D eigenvalue weighted by Crippen LogP contribution is -2.14. The molecule has 28 heavy (non-hydrogen) atoms. The molecule has 0 saturated heterocycles. The molecule has 0 radical (unpaired) electrons. The van der Waals surface area contributed by atoms with Crippen LogP contribution < -0.4 is 11.1 Å². The van der Waals surface area contributed by atoms with Crippen LogP contribution in [0.5, 0.6) is 0 Å². The molecule has 0 atom stereocenters. The molecule has 1 aromatic heterocycles. The van der Waals surface area contributed by atoms with Gasteiger partial charge in [0.1, 0.15) is 0 Å². The molecule has 1 amide bonds. The highest BCUT2D eigenvalue weighted by Crippen LogP contribution is 2.30. The maximum Gasteiger partial charge on any atom is 0.307 e. The van der Waals surface area contributed by atoms with Crippen LogP contribution in [0.2, 0.25) is 0 Å². The van der Waals surface area contributed by atoms with Crippen molar-refractivity contribution < 1.29 is 14.3 Å². The Morgan fingerprint density at radius 1 is 1.14 bits per heavy atom. The normalized spacial score (nSPS) is 10.8. The summed E-state index contributed by atoms with van der Waals surface area (Å²) in [4.78, 5) is 22.9. The first kappa shape index (κ1) is 19.5. The van der Waals surface area contributed by atoms with Crippen molar-refractivity contribution in [3.05, 3.63) is 65.4 Å². The maximum absolute atomic E-state index is 11.6. The molecule has 3 rings (SSSR count). The summed E-state index contributed by atoms with van der Waals surface area (Å²) in [5.41, 5.74) is 10.6. The molecule has 0 saturated carbocycles. The van der Waals surface area contributed by atoms with Crippen LogP contribution in [0.4, 0.5) is 5.69 Å². The Hall–Kier alpha value is -3.28. The van der Waals surface area contributed by atoms with E-state index in [2.05, 4.69) is 26.8 Å². The lowest BCUT2D eigenvalue weighted by atomic mass is 10.1. The van der Waals surface area contributed by atoms with E-state index in [-0.39, 0.29) is 24.7 Å². The Kier molecular flexibility index (Phi) is 5.99. The summed E-state index contributed by atoms with van der Waals surface area (Å²) in [5, 5.41) is 4.23. The number of anilines is 1. The molecule has 0 spiro atoms. The number of carbonyl (C=O) groups is 2. The molecule has 3 aromatic rings. The quantitative estimate of drug-likeness (QED) is 0.589. The van der Waals surface area contributed by atoms with Crippen molar-refractivity contribution in [2.45, 2.75) is 26.3 Å². The highest BCUT2D eigenvalue weighted by molar-refractivity contribution is 5.92. The molecule has 1 heterocycles. The molecule has 0 unspecified atom stereocenters. The summed E-state index contributed by atoms with van der Waals surface area (Å²) in [6.45, 7) is 3.22. The van der Waals surface area contributed by atoms with Crippen LogP contribution in [-0.4, -0.2) is 30.1 Å². The number of hydrogen-bond acceptors (Lipinski definition) is 4. The Morgan fingerprint density at radius 2 is 1.89 bits per heavy atom. The number of ether oxygens (including phenoxy) is 1. The third-order valence-electron chi connectivity index (χ3n) is 4.87. The van der Waals surface area contributed by atoms with Gasteiger partial charge in [-0.05, 0) is 36.2 Å². The number of esters is 1. The summed E-state index contributed by atoms with van der Waals surface area (Å²) in [6, 6.07) is 16.2. The molecular weight excluding hydrogens is 354 g/mol. The first-order valence-corrected chi connectivity index (χ1v) is 9.24. The van der Waals surface area contributed by atoms with Crippen molar-refractivity contribution >= 4 is 28.5 Å². The fourth-order valence-corrected chi connectivity index (χ4v) is 3.44. The number of nitrogens with one attached hydrogen (secondary N) is 1. The number of fused-ring (bicyclic) bond motifs is 1. The van der Waals surface area contributed by atoms with Gasteiger partial charge in [-0.1, -0.05) is 30.3 Å². The van der Waals surface area contributed by atoms with E-state index >= 15 is 0 Å². The van der Waals surface area contributed by atoms with Gasteiger partial charge in [-0.2, -0.15) is 0 Å². The largest absolute Gasteiger partial charge is 0.469 e. The van der Waals surface area contributed by atoms with Crippen molar-refractivity contribution in [3.63, 3.8) is 0 Å². The van der Waals surface area contributed by atoms with Gasteiger partial charge in [-0.15, -0.1) is 0 Å². The minimum atomic E-state index is -0.356. The van der Waals surface area contributed by atoms with Crippen molar-refractivity contribution in [1.29, 1.82) is 0 Å². The maximum atomic E-state index is 11.6. The van der Waals surface area contributed by atoms with Crippen molar-refractivity contribution in [2.75, 3.05) is 19.0 Å². The zero-order chi connectivity index (χ0) is 20.1. The second kappa shape index (κ2) is 8.61. The van der Waals surface area contributed by atoms with Crippen LogP contribution in [0.3, 0.4) is 0 Å². The van der Waals surface area contributed by atoms with Gasteiger partial charge in [0.2, 0.25) is 5.91 Å². The third kappa shape index (κ3) is 4.34. The van der Waals surface area contributed by atoms with Gasteiger partial charge < -0.3 is 20.4 Å². The van der Waals surface area contributed by atoms with Gasteiger partial charge in [-0.25, -0.2) is 0 Å². The van der Waals surface area contributed by atoms with Gasteiger partial charge in [-0.3, -0.25) is 9.59 Å². The SMILES string of the molecule is COC(=O)CCNc1ccc2c(c1)c(CC(N)=O)c(C)n2Cc1ccccc1. The molecular formula is C22H25N3O3. The number of primary amides is 1. The van der Waals surface area contributed by atoms with Crippen LogP contribution in [0, 0.1) is 6.92 Å². The fourth-order valence-electron chi connectivity index (χ4n) is 3.44. The predicted octanol–water partition coefficient (Wildman–Crippen LogP) is 3.00. The summed E-state index contributed by atoms with van der Waals surface area (Å²) in [5.74, 6) is -0.612.